The van der Waals surface area contributed by atoms with Gasteiger partial charge in [0.1, 0.15) is 0 Å². The van der Waals surface area contributed by atoms with E-state index >= 15 is 0 Å². The van der Waals surface area contributed by atoms with Crippen LogP contribution in [0.4, 0.5) is 0 Å². The highest BCUT2D eigenvalue weighted by Gasteiger charge is 2.34. The van der Waals surface area contributed by atoms with Gasteiger partial charge in [0.05, 0.1) is 0 Å². The van der Waals surface area contributed by atoms with Gasteiger partial charge in [-0.05, 0) is 37.3 Å². The Morgan fingerprint density at radius 3 is 2.90 bits per heavy atom. The number of nitrogens with zero attached hydrogens (tertiary/aromatic N) is 3. The third-order valence-electron chi connectivity index (χ3n) is 4.15. The predicted octanol–water partition coefficient (Wildman–Crippen LogP) is 1.24. The zero-order valence-electron chi connectivity index (χ0n) is 11.7. The van der Waals surface area contributed by atoms with E-state index < -0.39 is 0 Å². The molecule has 3 fully saturated rings. The Labute approximate surface area is 123 Å². The van der Waals surface area contributed by atoms with Crippen molar-refractivity contribution in [1.82, 2.24) is 19.8 Å². The highest BCUT2D eigenvalue weighted by atomic mass is 32.2. The summed E-state index contributed by atoms with van der Waals surface area (Å²) in [6, 6.07) is 0.327. The molecule has 1 N–H and O–H groups in total. The van der Waals surface area contributed by atoms with Crippen LogP contribution in [0.1, 0.15) is 12.8 Å². The number of fused-ring (bicyclic) bond motifs is 3. The minimum atomic E-state index is 0.00505. The smallest absolute Gasteiger partial charge is 0.244 e. The second-order valence-corrected chi connectivity index (χ2v) is 6.37. The largest absolute Gasteiger partial charge is 0.348 e. The average molecular weight is 292 g/mol. The van der Waals surface area contributed by atoms with Crippen LogP contribution in [0.3, 0.4) is 0 Å². The molecule has 1 unspecified atom stereocenters. The highest BCUT2D eigenvalue weighted by molar-refractivity contribution is 8.02. The zero-order valence-corrected chi connectivity index (χ0v) is 12.5. The van der Waals surface area contributed by atoms with Crippen molar-refractivity contribution in [2.45, 2.75) is 24.0 Å². The molecule has 0 aliphatic carbocycles. The molecule has 0 saturated carbocycles. The van der Waals surface area contributed by atoms with Crippen LogP contribution in [0.2, 0.25) is 0 Å². The lowest BCUT2D eigenvalue weighted by atomic mass is 9.84. The number of aryl methyl sites for hydroxylation is 1. The molecule has 5 nitrogen and oxygen atoms in total. The van der Waals surface area contributed by atoms with Gasteiger partial charge in [0, 0.05) is 38.1 Å². The molecule has 20 heavy (non-hydrogen) atoms. The third kappa shape index (κ3) is 3.07. The lowest BCUT2D eigenvalue weighted by molar-refractivity contribution is -0.118. The number of amides is 1. The summed E-state index contributed by atoms with van der Waals surface area (Å²) in [6.07, 6.45) is 7.69. The minimum Gasteiger partial charge on any atom is -0.348 e. The van der Waals surface area contributed by atoms with Gasteiger partial charge in [-0.15, -0.1) is 0 Å². The fourth-order valence-electron chi connectivity index (χ4n) is 2.98. The fraction of sp³-hybridized carbons (Fsp3) is 0.571. The summed E-state index contributed by atoms with van der Waals surface area (Å²) >= 11 is 1.46. The Morgan fingerprint density at radius 1 is 1.50 bits per heavy atom. The van der Waals surface area contributed by atoms with Crippen molar-refractivity contribution in [1.29, 1.82) is 0 Å². The van der Waals surface area contributed by atoms with E-state index in [2.05, 4.69) is 15.2 Å². The standard InChI is InChI=1S/C14H20N4OS/c1-17-8-5-15-14(17)20-9-4-13(19)16-12-10-18-6-2-11(12)3-7-18/h4-5,8-9,11-12H,2-3,6-7,10H2,1H3,(H,16,19)/b9-4+. The Bertz CT molecular complexity index is 505. The highest BCUT2D eigenvalue weighted by Crippen LogP contribution is 2.27. The van der Waals surface area contributed by atoms with Crippen molar-refractivity contribution >= 4 is 17.7 Å². The van der Waals surface area contributed by atoms with Gasteiger partial charge in [-0.1, -0.05) is 11.8 Å². The summed E-state index contributed by atoms with van der Waals surface area (Å²) in [5, 5.41) is 5.83. The number of hydrogen-bond donors (Lipinski definition) is 1. The van der Waals surface area contributed by atoms with Crippen LogP contribution in [-0.4, -0.2) is 46.0 Å². The van der Waals surface area contributed by atoms with E-state index in [-0.39, 0.29) is 5.91 Å². The lowest BCUT2D eigenvalue weighted by Gasteiger charge is -2.44. The molecule has 4 rings (SSSR count). The topological polar surface area (TPSA) is 50.2 Å². The first-order valence-electron chi connectivity index (χ1n) is 7.06. The third-order valence-corrected chi connectivity index (χ3v) is 5.03. The fourth-order valence-corrected chi connectivity index (χ4v) is 3.64. The predicted molar refractivity (Wildman–Crippen MR) is 79.3 cm³/mol. The van der Waals surface area contributed by atoms with E-state index in [9.17, 15) is 4.79 Å². The van der Waals surface area contributed by atoms with Crippen molar-refractivity contribution in [3.8, 4) is 0 Å². The number of rotatable bonds is 4. The van der Waals surface area contributed by atoms with E-state index in [1.54, 1.807) is 17.7 Å². The monoisotopic (exact) mass is 292 g/mol. The molecule has 4 heterocycles. The van der Waals surface area contributed by atoms with E-state index in [1.165, 1.54) is 37.7 Å². The van der Waals surface area contributed by atoms with Crippen LogP contribution < -0.4 is 5.32 Å². The molecule has 3 saturated heterocycles. The lowest BCUT2D eigenvalue weighted by Crippen LogP contribution is -2.57. The molecule has 6 heteroatoms. The van der Waals surface area contributed by atoms with Crippen molar-refractivity contribution in [3.63, 3.8) is 0 Å². The van der Waals surface area contributed by atoms with E-state index in [1.807, 2.05) is 17.8 Å². The summed E-state index contributed by atoms with van der Waals surface area (Å²) < 4.78 is 1.93. The van der Waals surface area contributed by atoms with E-state index in [0.29, 0.717) is 12.0 Å². The first-order chi connectivity index (χ1) is 9.72. The van der Waals surface area contributed by atoms with Crippen LogP contribution in [-0.2, 0) is 11.8 Å². The summed E-state index contributed by atoms with van der Waals surface area (Å²) in [4.78, 5) is 18.6. The molecule has 0 spiro atoms. The van der Waals surface area contributed by atoms with Crippen molar-refractivity contribution in [2.24, 2.45) is 13.0 Å². The number of aromatic nitrogens is 2. The van der Waals surface area contributed by atoms with Crippen LogP contribution in [0.25, 0.3) is 0 Å². The van der Waals surface area contributed by atoms with Gasteiger partial charge in [0.25, 0.3) is 0 Å². The number of hydrogen-bond acceptors (Lipinski definition) is 4. The maximum absolute atomic E-state index is 11.9. The molecule has 1 aromatic heterocycles. The van der Waals surface area contributed by atoms with Crippen LogP contribution in [0.5, 0.6) is 0 Å². The average Bonchev–Trinajstić information content (AvgIpc) is 2.86. The quantitative estimate of drug-likeness (QED) is 0.670. The Kier molecular flexibility index (Phi) is 4.12. The summed E-state index contributed by atoms with van der Waals surface area (Å²) in [6.45, 7) is 3.40. The summed E-state index contributed by atoms with van der Waals surface area (Å²) in [5.41, 5.74) is 0. The second-order valence-electron chi connectivity index (χ2n) is 5.49. The van der Waals surface area contributed by atoms with Crippen LogP contribution in [0, 0.1) is 5.92 Å². The van der Waals surface area contributed by atoms with Crippen molar-refractivity contribution < 1.29 is 4.79 Å². The summed E-state index contributed by atoms with van der Waals surface area (Å²) in [7, 11) is 1.94. The molecule has 108 valence electrons. The maximum Gasteiger partial charge on any atom is 0.244 e. The molecule has 3 aliphatic heterocycles. The first kappa shape index (κ1) is 13.7. The SMILES string of the molecule is Cn1ccnc1S/C=C/C(=O)NC1CN2CCC1CC2. The normalized spacial score (nSPS) is 28.9. The number of carbonyl (C=O) groups is 1. The van der Waals surface area contributed by atoms with Crippen molar-refractivity contribution in [3.05, 3.63) is 23.9 Å². The number of piperidine rings is 3. The molecule has 1 amide bonds. The molecule has 0 radical (unpaired) electrons. The molecule has 1 atom stereocenters. The molecular formula is C14H20N4OS. The number of imidazole rings is 1. The van der Waals surface area contributed by atoms with Gasteiger partial charge in [0.15, 0.2) is 5.16 Å². The molecule has 1 aromatic rings. The van der Waals surface area contributed by atoms with Gasteiger partial charge in [-0.2, -0.15) is 0 Å². The van der Waals surface area contributed by atoms with E-state index in [0.717, 1.165) is 11.7 Å². The van der Waals surface area contributed by atoms with Gasteiger partial charge < -0.3 is 14.8 Å². The van der Waals surface area contributed by atoms with Crippen LogP contribution >= 0.6 is 11.8 Å². The Morgan fingerprint density at radius 2 is 2.30 bits per heavy atom. The van der Waals surface area contributed by atoms with Gasteiger partial charge in [0.2, 0.25) is 5.91 Å². The summed E-state index contributed by atoms with van der Waals surface area (Å²) in [5.74, 6) is 0.671. The number of carbonyl (C=O) groups excluding carboxylic acids is 1. The maximum atomic E-state index is 11.9. The van der Waals surface area contributed by atoms with Crippen molar-refractivity contribution in [2.75, 3.05) is 19.6 Å². The van der Waals surface area contributed by atoms with E-state index in [4.69, 9.17) is 0 Å². The van der Waals surface area contributed by atoms with Gasteiger partial charge >= 0.3 is 0 Å². The minimum absolute atomic E-state index is 0.00505. The second kappa shape index (κ2) is 6.01. The molecule has 2 bridgehead atoms. The Hall–Kier alpha value is -1.27. The number of thioether (sulfide) groups is 1. The van der Waals surface area contributed by atoms with Gasteiger partial charge in [-0.3, -0.25) is 4.79 Å². The van der Waals surface area contributed by atoms with Crippen LogP contribution in [0.15, 0.2) is 29.0 Å². The molecule has 3 aliphatic rings. The molecular weight excluding hydrogens is 272 g/mol. The number of nitrogens with one attached hydrogen (secondary N) is 1. The molecule has 0 aromatic carbocycles. The van der Waals surface area contributed by atoms with Gasteiger partial charge in [-0.25, -0.2) is 4.98 Å². The first-order valence-corrected chi connectivity index (χ1v) is 7.94. The zero-order chi connectivity index (χ0) is 13.9. The Balaban J connectivity index is 1.49.